The molecule has 0 aliphatic rings. The van der Waals surface area contributed by atoms with E-state index in [2.05, 4.69) is 0 Å². The second kappa shape index (κ2) is 4.88. The van der Waals surface area contributed by atoms with Crippen molar-refractivity contribution < 1.29 is 9.59 Å². The van der Waals surface area contributed by atoms with Crippen LogP contribution in [0.5, 0.6) is 0 Å². The Labute approximate surface area is 86.3 Å². The molecule has 0 spiro atoms. The predicted octanol–water partition coefficient (Wildman–Crippen LogP) is 0.348. The summed E-state index contributed by atoms with van der Waals surface area (Å²) in [6.45, 7) is 0.334. The largest absolute Gasteiger partial charge is 0.369 e. The van der Waals surface area contributed by atoms with Gasteiger partial charge in [0.05, 0.1) is 18.0 Å². The van der Waals surface area contributed by atoms with Crippen LogP contribution in [-0.2, 0) is 4.79 Å². The van der Waals surface area contributed by atoms with Crippen LogP contribution in [0.2, 0.25) is 0 Å². The van der Waals surface area contributed by atoms with E-state index in [1.165, 1.54) is 11.3 Å². The molecule has 0 radical (unpaired) electrons. The summed E-state index contributed by atoms with van der Waals surface area (Å²) in [4.78, 5) is 24.4. The lowest BCUT2D eigenvalue weighted by atomic mass is 10.3. The molecule has 5 heteroatoms. The zero-order valence-electron chi connectivity index (χ0n) is 7.90. The first-order valence-corrected chi connectivity index (χ1v) is 5.01. The number of Topliss-reactive ketones (excluding diaryl/α,β-unsaturated/α-hetero) is 1. The van der Waals surface area contributed by atoms with Crippen molar-refractivity contribution >= 4 is 23.0 Å². The fraction of sp³-hybridized carbons (Fsp3) is 0.333. The number of amides is 1. The number of carbonyl (C=O) groups excluding carboxylic acids is 2. The normalized spacial score (nSPS) is 10.4. The van der Waals surface area contributed by atoms with E-state index in [9.17, 15) is 9.59 Å². The predicted molar refractivity (Wildman–Crippen MR) is 55.3 cm³/mol. The smallest absolute Gasteiger partial charge is 0.231 e. The summed E-state index contributed by atoms with van der Waals surface area (Å²) in [5.41, 5.74) is 5.00. The first kappa shape index (κ1) is 10.9. The Morgan fingerprint density at radius 3 is 2.71 bits per heavy atom. The molecular weight excluding hydrogens is 200 g/mol. The van der Waals surface area contributed by atoms with Gasteiger partial charge in [0.1, 0.15) is 0 Å². The van der Waals surface area contributed by atoms with Crippen LogP contribution in [0.15, 0.2) is 17.5 Å². The van der Waals surface area contributed by atoms with Crippen molar-refractivity contribution in [1.82, 2.24) is 4.90 Å². The van der Waals surface area contributed by atoms with E-state index in [-0.39, 0.29) is 18.9 Å². The van der Waals surface area contributed by atoms with Gasteiger partial charge >= 0.3 is 0 Å². The number of primary amides is 1. The van der Waals surface area contributed by atoms with Crippen molar-refractivity contribution in [2.45, 2.75) is 0 Å². The molecule has 0 aliphatic heterocycles. The number of nitrogens with zero attached hydrogens (tertiary/aromatic N) is 1. The van der Waals surface area contributed by atoms with Gasteiger partial charge in [0.15, 0.2) is 5.78 Å². The van der Waals surface area contributed by atoms with Crippen molar-refractivity contribution in [1.29, 1.82) is 0 Å². The minimum Gasteiger partial charge on any atom is -0.369 e. The standard InChI is InChI=1S/C9H12N2O2S/c1-11(6-9(10)13)5-7(12)8-3-2-4-14-8/h2-4H,5-6H2,1H3,(H2,10,13). The second-order valence-corrected chi connectivity index (χ2v) is 3.99. The summed E-state index contributed by atoms with van der Waals surface area (Å²) in [6.07, 6.45) is 0. The van der Waals surface area contributed by atoms with Crippen molar-refractivity contribution in [3.8, 4) is 0 Å². The first-order chi connectivity index (χ1) is 6.59. The van der Waals surface area contributed by atoms with Gasteiger partial charge in [-0.2, -0.15) is 0 Å². The SMILES string of the molecule is CN(CC(N)=O)CC(=O)c1cccs1. The van der Waals surface area contributed by atoms with Crippen LogP contribution in [-0.4, -0.2) is 36.7 Å². The number of carbonyl (C=O) groups is 2. The van der Waals surface area contributed by atoms with Crippen LogP contribution in [0.4, 0.5) is 0 Å². The van der Waals surface area contributed by atoms with Crippen LogP contribution in [0.25, 0.3) is 0 Å². The van der Waals surface area contributed by atoms with Crippen molar-refractivity contribution in [2.75, 3.05) is 20.1 Å². The third kappa shape index (κ3) is 3.27. The number of likely N-dealkylation sites (N-methyl/N-ethyl adjacent to an activating group) is 1. The lowest BCUT2D eigenvalue weighted by molar-refractivity contribution is -0.118. The lowest BCUT2D eigenvalue weighted by Gasteiger charge is -2.12. The average molecular weight is 212 g/mol. The van der Waals surface area contributed by atoms with E-state index in [0.717, 1.165) is 0 Å². The number of nitrogens with two attached hydrogens (primary N) is 1. The van der Waals surface area contributed by atoms with Crippen molar-refractivity contribution in [2.24, 2.45) is 5.73 Å². The molecule has 1 amide bonds. The Hall–Kier alpha value is -1.20. The molecule has 14 heavy (non-hydrogen) atoms. The Morgan fingerprint density at radius 1 is 1.50 bits per heavy atom. The zero-order chi connectivity index (χ0) is 10.6. The minimum atomic E-state index is -0.425. The summed E-state index contributed by atoms with van der Waals surface area (Å²) in [5.74, 6) is -0.407. The fourth-order valence-corrected chi connectivity index (χ4v) is 1.74. The molecule has 0 atom stereocenters. The maximum atomic E-state index is 11.5. The molecule has 0 aliphatic carbocycles. The van der Waals surface area contributed by atoms with E-state index in [1.54, 1.807) is 18.0 Å². The maximum Gasteiger partial charge on any atom is 0.231 e. The summed E-state index contributed by atoms with van der Waals surface area (Å²) >= 11 is 1.40. The molecule has 76 valence electrons. The number of rotatable bonds is 5. The van der Waals surface area contributed by atoms with Gasteiger partial charge in [-0.25, -0.2) is 0 Å². The molecule has 0 aromatic carbocycles. The molecule has 4 nitrogen and oxygen atoms in total. The molecular formula is C9H12N2O2S. The van der Waals surface area contributed by atoms with Gasteiger partial charge in [-0.05, 0) is 18.5 Å². The highest BCUT2D eigenvalue weighted by molar-refractivity contribution is 7.12. The number of thiophene rings is 1. The molecule has 0 bridgehead atoms. The molecule has 0 saturated heterocycles. The van der Waals surface area contributed by atoms with Crippen molar-refractivity contribution in [3.05, 3.63) is 22.4 Å². The molecule has 0 saturated carbocycles. The summed E-state index contributed by atoms with van der Waals surface area (Å²) in [6, 6.07) is 3.59. The third-order valence-electron chi connectivity index (χ3n) is 1.64. The van der Waals surface area contributed by atoms with Crippen LogP contribution >= 0.6 is 11.3 Å². The van der Waals surface area contributed by atoms with Gasteiger partial charge < -0.3 is 5.73 Å². The summed E-state index contributed by atoms with van der Waals surface area (Å²) in [7, 11) is 1.69. The van der Waals surface area contributed by atoms with Gasteiger partial charge in [0.2, 0.25) is 5.91 Å². The highest BCUT2D eigenvalue weighted by atomic mass is 32.1. The average Bonchev–Trinajstić information content (AvgIpc) is 2.53. The van der Waals surface area contributed by atoms with E-state index in [4.69, 9.17) is 5.73 Å². The number of hydrogen-bond donors (Lipinski definition) is 1. The topological polar surface area (TPSA) is 63.4 Å². The number of ketones is 1. The van der Waals surface area contributed by atoms with Gasteiger partial charge in [0, 0.05) is 0 Å². The highest BCUT2D eigenvalue weighted by Crippen LogP contribution is 2.09. The molecule has 1 aromatic heterocycles. The Bertz CT molecular complexity index is 322. The molecule has 0 unspecified atom stereocenters. The van der Waals surface area contributed by atoms with E-state index < -0.39 is 5.91 Å². The summed E-state index contributed by atoms with van der Waals surface area (Å²) in [5, 5.41) is 1.85. The quantitative estimate of drug-likeness (QED) is 0.716. The monoisotopic (exact) mass is 212 g/mol. The van der Waals surface area contributed by atoms with Crippen molar-refractivity contribution in [3.63, 3.8) is 0 Å². The summed E-state index contributed by atoms with van der Waals surface area (Å²) < 4.78 is 0. The van der Waals surface area contributed by atoms with E-state index in [0.29, 0.717) is 4.88 Å². The Morgan fingerprint density at radius 2 is 2.21 bits per heavy atom. The minimum absolute atomic E-state index is 0.0174. The zero-order valence-corrected chi connectivity index (χ0v) is 8.71. The maximum absolute atomic E-state index is 11.5. The molecule has 0 fully saturated rings. The van der Waals surface area contributed by atoms with Gasteiger partial charge in [0.25, 0.3) is 0 Å². The molecule has 2 N–H and O–H groups in total. The van der Waals surface area contributed by atoms with Gasteiger partial charge in [-0.3, -0.25) is 14.5 Å². The van der Waals surface area contributed by atoms with E-state index >= 15 is 0 Å². The lowest BCUT2D eigenvalue weighted by Crippen LogP contribution is -2.34. The van der Waals surface area contributed by atoms with E-state index in [1.807, 2.05) is 11.4 Å². The highest BCUT2D eigenvalue weighted by Gasteiger charge is 2.11. The molecule has 1 rings (SSSR count). The second-order valence-electron chi connectivity index (χ2n) is 3.04. The number of hydrogen-bond acceptors (Lipinski definition) is 4. The molecule has 1 aromatic rings. The van der Waals surface area contributed by atoms with Crippen LogP contribution in [0, 0.1) is 0 Å². The third-order valence-corrected chi connectivity index (χ3v) is 2.55. The van der Waals surface area contributed by atoms with Crippen LogP contribution in [0.3, 0.4) is 0 Å². The van der Waals surface area contributed by atoms with Gasteiger partial charge in [-0.15, -0.1) is 11.3 Å². The first-order valence-electron chi connectivity index (χ1n) is 4.13. The Kier molecular flexibility index (Phi) is 3.79. The fourth-order valence-electron chi connectivity index (χ4n) is 1.08. The van der Waals surface area contributed by atoms with Crippen LogP contribution < -0.4 is 5.73 Å². The molecule has 1 heterocycles. The van der Waals surface area contributed by atoms with Crippen LogP contribution in [0.1, 0.15) is 9.67 Å². The Balaban J connectivity index is 2.45. The van der Waals surface area contributed by atoms with Gasteiger partial charge in [-0.1, -0.05) is 6.07 Å².